The molecule has 2 rings (SSSR count). The fraction of sp³-hybridized carbons (Fsp3) is 0.353. The van der Waals surface area contributed by atoms with Crippen molar-refractivity contribution in [3.05, 3.63) is 52.5 Å². The Hall–Kier alpha value is -2.64. The van der Waals surface area contributed by atoms with Crippen LogP contribution in [-0.2, 0) is 6.54 Å². The molecule has 0 saturated heterocycles. The molecule has 0 aliphatic carbocycles. The first-order chi connectivity index (χ1) is 11.7. The highest BCUT2D eigenvalue weighted by Gasteiger charge is 2.29. The topological polar surface area (TPSA) is 64.1 Å². The van der Waals surface area contributed by atoms with Gasteiger partial charge < -0.3 is 10.1 Å². The lowest BCUT2D eigenvalue weighted by molar-refractivity contribution is -0.154. The van der Waals surface area contributed by atoms with Crippen LogP contribution in [0.3, 0.4) is 0 Å². The summed E-state index contributed by atoms with van der Waals surface area (Å²) < 4.78 is 41.2. The smallest absolute Gasteiger partial charge is 0.422 e. The number of aromatic nitrogens is 2. The number of halogens is 3. The van der Waals surface area contributed by atoms with Crippen molar-refractivity contribution >= 4 is 5.91 Å². The third kappa shape index (κ3) is 5.17. The van der Waals surface area contributed by atoms with Gasteiger partial charge in [-0.2, -0.15) is 13.2 Å². The molecule has 0 saturated carbocycles. The molecule has 134 valence electrons. The van der Waals surface area contributed by atoms with Gasteiger partial charge in [0.15, 0.2) is 6.61 Å². The van der Waals surface area contributed by atoms with Gasteiger partial charge in [-0.05, 0) is 44.0 Å². The molecular formula is C17H18F3N3O2. The normalized spacial score (nSPS) is 11.3. The summed E-state index contributed by atoms with van der Waals surface area (Å²) in [7, 11) is 0. The second kappa shape index (κ2) is 7.50. The van der Waals surface area contributed by atoms with Gasteiger partial charge in [0, 0.05) is 35.8 Å². The summed E-state index contributed by atoms with van der Waals surface area (Å²) in [6.07, 6.45) is -1.47. The van der Waals surface area contributed by atoms with Crippen molar-refractivity contribution in [1.29, 1.82) is 0 Å². The van der Waals surface area contributed by atoms with E-state index in [0.717, 1.165) is 11.3 Å². The van der Waals surface area contributed by atoms with E-state index in [0.29, 0.717) is 16.7 Å². The van der Waals surface area contributed by atoms with E-state index in [-0.39, 0.29) is 18.3 Å². The molecule has 1 N–H and O–H groups in total. The van der Waals surface area contributed by atoms with Crippen molar-refractivity contribution in [3.63, 3.8) is 0 Å². The van der Waals surface area contributed by atoms with E-state index in [2.05, 4.69) is 20.0 Å². The summed E-state index contributed by atoms with van der Waals surface area (Å²) in [6.45, 7) is 4.04. The molecule has 0 spiro atoms. The van der Waals surface area contributed by atoms with Gasteiger partial charge in [0.2, 0.25) is 5.88 Å². The van der Waals surface area contributed by atoms with Crippen LogP contribution in [0.2, 0.25) is 0 Å². The molecule has 0 fully saturated rings. The van der Waals surface area contributed by atoms with Crippen LogP contribution in [0.1, 0.15) is 32.7 Å². The minimum absolute atomic E-state index is 0.0759. The number of aryl methyl sites for hydroxylation is 2. The number of carbonyl (C=O) groups excluding carboxylic acids is 1. The minimum Gasteiger partial charge on any atom is -0.468 e. The number of nitrogens with zero attached hydrogens (tertiary/aromatic N) is 2. The van der Waals surface area contributed by atoms with Crippen molar-refractivity contribution in [2.75, 3.05) is 6.61 Å². The molecule has 1 amide bonds. The highest BCUT2D eigenvalue weighted by atomic mass is 19.4. The number of carbonyl (C=O) groups is 1. The van der Waals surface area contributed by atoms with E-state index in [1.165, 1.54) is 6.20 Å². The Labute approximate surface area is 143 Å². The predicted molar refractivity (Wildman–Crippen MR) is 85.4 cm³/mol. The highest BCUT2D eigenvalue weighted by Crippen LogP contribution is 2.20. The van der Waals surface area contributed by atoms with Gasteiger partial charge in [-0.1, -0.05) is 0 Å². The molecule has 0 aliphatic heterocycles. The molecule has 0 aliphatic rings. The lowest BCUT2D eigenvalue weighted by Crippen LogP contribution is -2.24. The number of hydrogen-bond acceptors (Lipinski definition) is 4. The monoisotopic (exact) mass is 353 g/mol. The molecule has 0 bridgehead atoms. The second-order valence-electron chi connectivity index (χ2n) is 5.62. The maximum absolute atomic E-state index is 12.2. The number of pyridine rings is 2. The number of hydrogen-bond donors (Lipinski definition) is 1. The summed E-state index contributed by atoms with van der Waals surface area (Å²) in [5.74, 6) is -0.328. The van der Waals surface area contributed by atoms with Crippen molar-refractivity contribution in [2.24, 2.45) is 0 Å². The number of amides is 1. The van der Waals surface area contributed by atoms with E-state index in [1.807, 2.05) is 13.8 Å². The van der Waals surface area contributed by atoms with E-state index in [4.69, 9.17) is 0 Å². The Morgan fingerprint density at radius 3 is 2.60 bits per heavy atom. The summed E-state index contributed by atoms with van der Waals surface area (Å²) in [5.41, 5.74) is 3.23. The molecular weight excluding hydrogens is 335 g/mol. The van der Waals surface area contributed by atoms with E-state index in [9.17, 15) is 18.0 Å². The van der Waals surface area contributed by atoms with Crippen LogP contribution < -0.4 is 10.1 Å². The number of alkyl halides is 3. The molecule has 0 aromatic carbocycles. The first-order valence-electron chi connectivity index (χ1n) is 7.53. The molecule has 0 radical (unpaired) electrons. The van der Waals surface area contributed by atoms with Crippen molar-refractivity contribution in [3.8, 4) is 5.88 Å². The predicted octanol–water partition coefficient (Wildman–Crippen LogP) is 3.27. The van der Waals surface area contributed by atoms with Gasteiger partial charge in [0.1, 0.15) is 0 Å². The fourth-order valence-electron chi connectivity index (χ4n) is 2.18. The van der Waals surface area contributed by atoms with Crippen molar-refractivity contribution < 1.29 is 22.7 Å². The zero-order chi connectivity index (χ0) is 18.6. The molecule has 0 unspecified atom stereocenters. The standard InChI is InChI=1S/C17H18F3N3O2/c1-10-6-13(8-23-16(10)25-9-17(18,19)20)7-22-15(24)14-4-5-21-12(3)11(14)2/h4-6,8H,7,9H2,1-3H3,(H,22,24). The van der Waals surface area contributed by atoms with Crippen molar-refractivity contribution in [2.45, 2.75) is 33.5 Å². The van der Waals surface area contributed by atoms with Crippen LogP contribution in [0.5, 0.6) is 5.88 Å². The van der Waals surface area contributed by atoms with Gasteiger partial charge in [-0.3, -0.25) is 9.78 Å². The largest absolute Gasteiger partial charge is 0.468 e. The maximum atomic E-state index is 12.2. The Morgan fingerprint density at radius 2 is 1.96 bits per heavy atom. The Kier molecular flexibility index (Phi) is 5.61. The lowest BCUT2D eigenvalue weighted by Gasteiger charge is -2.12. The van der Waals surface area contributed by atoms with Gasteiger partial charge in [0.05, 0.1) is 0 Å². The van der Waals surface area contributed by atoms with E-state index in [1.54, 1.807) is 25.3 Å². The zero-order valence-electron chi connectivity index (χ0n) is 14.1. The molecule has 2 heterocycles. The fourth-order valence-corrected chi connectivity index (χ4v) is 2.18. The van der Waals surface area contributed by atoms with Gasteiger partial charge in [-0.15, -0.1) is 0 Å². The second-order valence-corrected chi connectivity index (χ2v) is 5.62. The number of rotatable bonds is 5. The molecule has 8 heteroatoms. The lowest BCUT2D eigenvalue weighted by atomic mass is 10.1. The van der Waals surface area contributed by atoms with Crippen LogP contribution in [0.25, 0.3) is 0 Å². The van der Waals surface area contributed by atoms with Crippen LogP contribution in [0.4, 0.5) is 13.2 Å². The molecule has 5 nitrogen and oxygen atoms in total. The van der Waals surface area contributed by atoms with Crippen LogP contribution in [-0.4, -0.2) is 28.7 Å². The SMILES string of the molecule is Cc1cc(CNC(=O)c2ccnc(C)c2C)cnc1OCC(F)(F)F. The average Bonchev–Trinajstić information content (AvgIpc) is 2.53. The minimum atomic E-state index is -4.42. The number of nitrogens with one attached hydrogen (secondary N) is 1. The quantitative estimate of drug-likeness (QED) is 0.896. The molecule has 0 atom stereocenters. The molecule has 2 aromatic rings. The summed E-state index contributed by atoms with van der Waals surface area (Å²) in [5, 5.41) is 2.76. The van der Waals surface area contributed by atoms with Crippen LogP contribution in [0, 0.1) is 20.8 Å². The zero-order valence-corrected chi connectivity index (χ0v) is 14.1. The Bertz CT molecular complexity index is 776. The molecule has 25 heavy (non-hydrogen) atoms. The Balaban J connectivity index is 2.00. The average molecular weight is 353 g/mol. The van der Waals surface area contributed by atoms with Crippen LogP contribution in [0.15, 0.2) is 24.5 Å². The number of ether oxygens (including phenoxy) is 1. The van der Waals surface area contributed by atoms with Gasteiger partial charge >= 0.3 is 6.18 Å². The summed E-state index contributed by atoms with van der Waals surface area (Å²) in [6, 6.07) is 3.26. The summed E-state index contributed by atoms with van der Waals surface area (Å²) >= 11 is 0. The first-order valence-corrected chi connectivity index (χ1v) is 7.53. The van der Waals surface area contributed by atoms with Crippen LogP contribution >= 0.6 is 0 Å². The first kappa shape index (κ1) is 18.7. The molecule has 2 aromatic heterocycles. The third-order valence-corrected chi connectivity index (χ3v) is 3.61. The van der Waals surface area contributed by atoms with Gasteiger partial charge in [0.25, 0.3) is 5.91 Å². The van der Waals surface area contributed by atoms with E-state index >= 15 is 0 Å². The maximum Gasteiger partial charge on any atom is 0.422 e. The van der Waals surface area contributed by atoms with E-state index < -0.39 is 12.8 Å². The Morgan fingerprint density at radius 1 is 1.24 bits per heavy atom. The van der Waals surface area contributed by atoms with Gasteiger partial charge in [-0.25, -0.2) is 4.98 Å². The summed E-state index contributed by atoms with van der Waals surface area (Å²) in [4.78, 5) is 20.2. The highest BCUT2D eigenvalue weighted by molar-refractivity contribution is 5.95. The van der Waals surface area contributed by atoms with Crippen molar-refractivity contribution in [1.82, 2.24) is 15.3 Å². The third-order valence-electron chi connectivity index (χ3n) is 3.61.